The van der Waals surface area contributed by atoms with Gasteiger partial charge in [0.2, 0.25) is 0 Å². The van der Waals surface area contributed by atoms with Crippen LogP contribution in [0.3, 0.4) is 0 Å². The third kappa shape index (κ3) is 4.87. The highest BCUT2D eigenvalue weighted by molar-refractivity contribution is 7.80. The Kier molecular flexibility index (Phi) is 6.43. The van der Waals surface area contributed by atoms with Crippen LogP contribution in [-0.2, 0) is 33.3 Å². The molecule has 0 spiro atoms. The molecule has 0 saturated carbocycles. The molecule has 9 heteroatoms. The molecule has 0 amide bonds. The van der Waals surface area contributed by atoms with Gasteiger partial charge in [-0.15, -0.1) is 12.6 Å². The van der Waals surface area contributed by atoms with Crippen molar-refractivity contribution in [1.82, 2.24) is 0 Å². The second kappa shape index (κ2) is 7.62. The van der Waals surface area contributed by atoms with Gasteiger partial charge in [-0.1, -0.05) is 0 Å². The topological polar surface area (TPSA) is 108 Å². The van der Waals surface area contributed by atoms with Gasteiger partial charge in [-0.25, -0.2) is 0 Å². The van der Waals surface area contributed by atoms with Gasteiger partial charge in [-0.2, -0.15) is 0 Å². The zero-order chi connectivity index (χ0) is 16.2. The first-order valence-electron chi connectivity index (χ1n) is 6.22. The molecule has 5 atom stereocenters. The molecule has 120 valence electrons. The zero-order valence-electron chi connectivity index (χ0n) is 11.8. The summed E-state index contributed by atoms with van der Waals surface area (Å²) in [5.41, 5.74) is -0.942. The van der Waals surface area contributed by atoms with Crippen molar-refractivity contribution in [3.8, 4) is 0 Å². The number of hydrogen-bond acceptors (Lipinski definition) is 9. The van der Waals surface area contributed by atoms with Gasteiger partial charge in [0, 0.05) is 20.8 Å². The molecule has 1 aliphatic rings. The third-order valence-electron chi connectivity index (χ3n) is 2.70. The molecule has 0 unspecified atom stereocenters. The predicted molar refractivity (Wildman–Crippen MR) is 71.4 cm³/mol. The first kappa shape index (κ1) is 17.7. The number of carbonyl (C=O) groups is 3. The molecule has 1 heterocycles. The van der Waals surface area contributed by atoms with E-state index in [0.29, 0.717) is 0 Å². The molecule has 0 aromatic rings. The van der Waals surface area contributed by atoms with Crippen molar-refractivity contribution in [1.29, 1.82) is 0 Å². The van der Waals surface area contributed by atoms with Crippen molar-refractivity contribution >= 4 is 30.5 Å². The van der Waals surface area contributed by atoms with Crippen molar-refractivity contribution in [3.05, 3.63) is 0 Å². The predicted octanol–water partition coefficient (Wildman–Crippen LogP) is -0.572. The van der Waals surface area contributed by atoms with Crippen molar-refractivity contribution < 1.29 is 38.4 Å². The Hall–Kier alpha value is -1.32. The van der Waals surface area contributed by atoms with Crippen LogP contribution in [0.1, 0.15) is 20.8 Å². The quantitative estimate of drug-likeness (QED) is 0.402. The summed E-state index contributed by atoms with van der Waals surface area (Å²) >= 11 is 4.11. The summed E-state index contributed by atoms with van der Waals surface area (Å²) in [5, 5.41) is 9.31. The van der Waals surface area contributed by atoms with Crippen molar-refractivity contribution in [2.75, 3.05) is 6.61 Å². The molecule has 1 rings (SSSR count). The van der Waals surface area contributed by atoms with E-state index in [4.69, 9.17) is 18.9 Å². The Morgan fingerprint density at radius 3 is 1.81 bits per heavy atom. The Morgan fingerprint density at radius 1 is 0.952 bits per heavy atom. The Morgan fingerprint density at radius 2 is 1.38 bits per heavy atom. The molecular formula is C12H18O8S. The molecule has 0 aromatic heterocycles. The maximum Gasteiger partial charge on any atom is 0.303 e. The highest BCUT2D eigenvalue weighted by Crippen LogP contribution is 2.30. The van der Waals surface area contributed by atoms with E-state index < -0.39 is 54.4 Å². The van der Waals surface area contributed by atoms with E-state index in [-0.39, 0.29) is 0 Å². The minimum absolute atomic E-state index is 0.487. The zero-order valence-corrected chi connectivity index (χ0v) is 12.7. The minimum atomic E-state index is -1.12. The van der Waals surface area contributed by atoms with E-state index in [9.17, 15) is 19.5 Å². The van der Waals surface area contributed by atoms with Crippen LogP contribution >= 0.6 is 12.6 Å². The van der Waals surface area contributed by atoms with Gasteiger partial charge in [-0.05, 0) is 0 Å². The fourth-order valence-electron chi connectivity index (χ4n) is 2.02. The number of aliphatic hydroxyl groups excluding tert-OH is 1. The maximum absolute atomic E-state index is 11.2. The van der Waals surface area contributed by atoms with E-state index in [1.807, 2.05) is 0 Å². The molecule has 1 fully saturated rings. The van der Waals surface area contributed by atoms with Gasteiger partial charge < -0.3 is 24.1 Å². The first-order chi connectivity index (χ1) is 9.76. The molecule has 0 aliphatic carbocycles. The SMILES string of the molecule is CC(=O)O[C@@H]1[C@@H](OC(C)=O)[C@H](S)O[C@H](CO)[C@H]1OC(C)=O. The number of ether oxygens (including phenoxy) is 4. The highest BCUT2D eigenvalue weighted by Gasteiger charge is 2.50. The van der Waals surface area contributed by atoms with Crippen LogP contribution < -0.4 is 0 Å². The number of carbonyl (C=O) groups excluding carboxylic acids is 3. The van der Waals surface area contributed by atoms with Gasteiger partial charge in [0.05, 0.1) is 6.61 Å². The second-order valence-corrected chi connectivity index (χ2v) is 4.98. The largest absolute Gasteiger partial charge is 0.456 e. The average molecular weight is 322 g/mol. The number of rotatable bonds is 4. The fraction of sp³-hybridized carbons (Fsp3) is 0.750. The average Bonchev–Trinajstić information content (AvgIpc) is 2.35. The van der Waals surface area contributed by atoms with Crippen LogP contribution in [0, 0.1) is 0 Å². The van der Waals surface area contributed by atoms with Crippen molar-refractivity contribution in [2.45, 2.75) is 50.6 Å². The highest BCUT2D eigenvalue weighted by atomic mass is 32.1. The second-order valence-electron chi connectivity index (χ2n) is 4.47. The molecule has 8 nitrogen and oxygen atoms in total. The Labute approximate surface area is 127 Å². The van der Waals surface area contributed by atoms with E-state index >= 15 is 0 Å². The van der Waals surface area contributed by atoms with Gasteiger partial charge >= 0.3 is 17.9 Å². The molecule has 1 aliphatic heterocycles. The lowest BCUT2D eigenvalue weighted by Gasteiger charge is -2.42. The third-order valence-corrected chi connectivity index (χ3v) is 3.11. The number of esters is 3. The smallest absolute Gasteiger partial charge is 0.303 e. The molecule has 0 aromatic carbocycles. The lowest BCUT2D eigenvalue weighted by atomic mass is 9.99. The summed E-state index contributed by atoms with van der Waals surface area (Å²) in [6, 6.07) is 0. The van der Waals surface area contributed by atoms with Crippen LogP contribution in [0.4, 0.5) is 0 Å². The molecular weight excluding hydrogens is 304 g/mol. The summed E-state index contributed by atoms with van der Waals surface area (Å²) in [4.78, 5) is 33.6. The fourth-order valence-corrected chi connectivity index (χ4v) is 2.41. The Bertz CT molecular complexity index is 412. The van der Waals surface area contributed by atoms with Crippen LogP contribution in [0.15, 0.2) is 0 Å². The van der Waals surface area contributed by atoms with Gasteiger partial charge in [0.15, 0.2) is 18.3 Å². The number of hydrogen-bond donors (Lipinski definition) is 2. The molecule has 21 heavy (non-hydrogen) atoms. The van der Waals surface area contributed by atoms with Crippen molar-refractivity contribution in [2.24, 2.45) is 0 Å². The Balaban J connectivity index is 3.08. The monoisotopic (exact) mass is 322 g/mol. The summed E-state index contributed by atoms with van der Waals surface area (Å²) in [6.45, 7) is 3.00. The maximum atomic E-state index is 11.2. The van der Waals surface area contributed by atoms with E-state index in [2.05, 4.69) is 12.6 Å². The van der Waals surface area contributed by atoms with Crippen LogP contribution in [0.25, 0.3) is 0 Å². The van der Waals surface area contributed by atoms with Gasteiger partial charge in [0.1, 0.15) is 11.5 Å². The summed E-state index contributed by atoms with van der Waals surface area (Å²) in [6.07, 6.45) is -4.25. The van der Waals surface area contributed by atoms with Gasteiger partial charge in [-0.3, -0.25) is 14.4 Å². The van der Waals surface area contributed by atoms with E-state index in [0.717, 1.165) is 13.8 Å². The van der Waals surface area contributed by atoms with Crippen LogP contribution in [-0.4, -0.2) is 59.5 Å². The standard InChI is InChI=1S/C12H18O8S/c1-5(14)17-9-8(4-13)20-12(21)11(19-7(3)16)10(9)18-6(2)15/h8-13,21H,4H2,1-3H3/t8-,9-,10+,11-,12+/m1/s1. The first-order valence-corrected chi connectivity index (χ1v) is 6.74. The lowest BCUT2D eigenvalue weighted by Crippen LogP contribution is -2.60. The normalized spacial score (nSPS) is 32.1. The van der Waals surface area contributed by atoms with Gasteiger partial charge in [0.25, 0.3) is 0 Å². The molecule has 0 bridgehead atoms. The van der Waals surface area contributed by atoms with Crippen LogP contribution in [0.2, 0.25) is 0 Å². The summed E-state index contributed by atoms with van der Waals surface area (Å²) in [5.74, 6) is -1.95. The lowest BCUT2D eigenvalue weighted by molar-refractivity contribution is -0.235. The van der Waals surface area contributed by atoms with E-state index in [1.54, 1.807) is 0 Å². The summed E-state index contributed by atoms with van der Waals surface area (Å²) < 4.78 is 20.5. The molecule has 0 radical (unpaired) electrons. The molecule has 1 saturated heterocycles. The van der Waals surface area contributed by atoms with E-state index in [1.165, 1.54) is 6.92 Å². The van der Waals surface area contributed by atoms with Crippen LogP contribution in [0.5, 0.6) is 0 Å². The number of aliphatic hydroxyl groups is 1. The van der Waals surface area contributed by atoms with Crippen molar-refractivity contribution in [3.63, 3.8) is 0 Å². The summed E-state index contributed by atoms with van der Waals surface area (Å²) in [7, 11) is 0. The molecule has 1 N–H and O–H groups in total. The number of thiol groups is 1. The minimum Gasteiger partial charge on any atom is -0.456 e.